The van der Waals surface area contributed by atoms with Gasteiger partial charge in [0.15, 0.2) is 0 Å². The molecule has 43 heavy (non-hydrogen) atoms. The van der Waals surface area contributed by atoms with E-state index in [9.17, 15) is 14.4 Å². The molecule has 0 aliphatic heterocycles. The molecule has 0 unspecified atom stereocenters. The fourth-order valence-electron chi connectivity index (χ4n) is 4.88. The molecule has 0 saturated carbocycles. The molecule has 0 aliphatic rings. The van der Waals surface area contributed by atoms with Gasteiger partial charge in [0.2, 0.25) is 0 Å². The second kappa shape index (κ2) is 12.7. The van der Waals surface area contributed by atoms with Crippen LogP contribution in [0.1, 0.15) is 71.4 Å². The lowest BCUT2D eigenvalue weighted by Gasteiger charge is -2.27. The topological polar surface area (TPSA) is 114 Å². The average molecular weight is 585 g/mol. The molecule has 0 radical (unpaired) electrons. The first-order valence-electron chi connectivity index (χ1n) is 14.4. The molecule has 2 aromatic heterocycles. The van der Waals surface area contributed by atoms with Crippen LogP contribution in [-0.2, 0) is 9.53 Å². The molecule has 4 rings (SSSR count). The highest BCUT2D eigenvalue weighted by Gasteiger charge is 2.28. The molecule has 2 aromatic carbocycles. The molecule has 0 aliphatic carbocycles. The Labute approximate surface area is 252 Å². The van der Waals surface area contributed by atoms with Gasteiger partial charge in [-0.15, -0.1) is 0 Å². The van der Waals surface area contributed by atoms with Crippen molar-refractivity contribution in [2.75, 3.05) is 23.9 Å². The van der Waals surface area contributed by atoms with Crippen LogP contribution in [0.5, 0.6) is 5.75 Å². The summed E-state index contributed by atoms with van der Waals surface area (Å²) in [5.41, 5.74) is 3.54. The Kier molecular flexibility index (Phi) is 9.23. The fourth-order valence-corrected chi connectivity index (χ4v) is 4.88. The summed E-state index contributed by atoms with van der Waals surface area (Å²) in [4.78, 5) is 48.4. The highest BCUT2D eigenvalue weighted by molar-refractivity contribution is 6.06. The Morgan fingerprint density at radius 1 is 0.953 bits per heavy atom. The number of rotatable bonds is 8. The Bertz CT molecular complexity index is 1670. The lowest BCUT2D eigenvalue weighted by Crippen LogP contribution is -2.43. The zero-order valence-electron chi connectivity index (χ0n) is 26.1. The molecule has 9 nitrogen and oxygen atoms in total. The smallest absolute Gasteiger partial charge is 0.327 e. The zero-order valence-corrected chi connectivity index (χ0v) is 26.1. The molecule has 0 saturated heterocycles. The first-order valence-corrected chi connectivity index (χ1v) is 14.4. The number of aromatic nitrogens is 2. The molecule has 2 amide bonds. The van der Waals surface area contributed by atoms with Gasteiger partial charge in [0.1, 0.15) is 29.2 Å². The first-order chi connectivity index (χ1) is 20.3. The summed E-state index contributed by atoms with van der Waals surface area (Å²) in [7, 11) is 1.64. The maximum absolute atomic E-state index is 14.1. The average Bonchev–Trinajstić information content (AvgIpc) is 2.94. The molecule has 0 atom stereocenters. The van der Waals surface area contributed by atoms with E-state index in [0.29, 0.717) is 16.7 Å². The summed E-state index contributed by atoms with van der Waals surface area (Å²) in [6.07, 6.45) is 1.57. The van der Waals surface area contributed by atoms with Gasteiger partial charge in [-0.25, -0.2) is 9.78 Å². The van der Waals surface area contributed by atoms with E-state index in [1.807, 2.05) is 24.3 Å². The number of hydrogen-bond acceptors (Lipinski definition) is 6. The Morgan fingerprint density at radius 3 is 2.23 bits per heavy atom. The van der Waals surface area contributed by atoms with Crippen LogP contribution in [0.2, 0.25) is 0 Å². The number of hydrogen-bond donors (Lipinski definition) is 2. The molecule has 9 heteroatoms. The Morgan fingerprint density at radius 2 is 1.63 bits per heavy atom. The van der Waals surface area contributed by atoms with Gasteiger partial charge in [0.05, 0.1) is 7.11 Å². The zero-order chi connectivity index (χ0) is 31.5. The van der Waals surface area contributed by atoms with E-state index in [1.165, 1.54) is 0 Å². The van der Waals surface area contributed by atoms with Gasteiger partial charge in [0.25, 0.3) is 5.56 Å². The molecule has 226 valence electrons. The van der Waals surface area contributed by atoms with E-state index in [-0.39, 0.29) is 17.5 Å². The summed E-state index contributed by atoms with van der Waals surface area (Å²) in [5, 5.41) is 3.69. The number of esters is 1. The van der Waals surface area contributed by atoms with E-state index in [1.54, 1.807) is 52.3 Å². The predicted octanol–water partition coefficient (Wildman–Crippen LogP) is 7.23. The van der Waals surface area contributed by atoms with Crippen LogP contribution in [0, 0.1) is 0 Å². The van der Waals surface area contributed by atoms with Crippen molar-refractivity contribution in [3.63, 3.8) is 0 Å². The number of methoxy groups -OCH3 is 1. The number of aromatic amines is 1. The molecule has 0 bridgehead atoms. The van der Waals surface area contributed by atoms with Gasteiger partial charge < -0.3 is 19.8 Å². The van der Waals surface area contributed by atoms with Crippen LogP contribution in [0.3, 0.4) is 0 Å². The summed E-state index contributed by atoms with van der Waals surface area (Å²) < 4.78 is 11.0. The quantitative estimate of drug-likeness (QED) is 0.211. The SMILES string of the molecule is COc1cccc(-c2cc(C(C)C)c(NC(=O)N(CC(=O)OC(C)(C)C)c3cc4cccnc4[nH]c3=O)c(C(C)C)c2)c1. The van der Waals surface area contributed by atoms with Gasteiger partial charge in [0, 0.05) is 17.3 Å². The van der Waals surface area contributed by atoms with Crippen molar-refractivity contribution >= 4 is 34.4 Å². The third kappa shape index (κ3) is 7.41. The number of carbonyl (C=O) groups excluding carboxylic acids is 2. The van der Waals surface area contributed by atoms with Crippen molar-refractivity contribution in [1.29, 1.82) is 0 Å². The lowest BCUT2D eigenvalue weighted by atomic mass is 9.88. The fraction of sp³-hybridized carbons (Fsp3) is 0.353. The Hall–Kier alpha value is -4.66. The van der Waals surface area contributed by atoms with E-state index in [0.717, 1.165) is 32.9 Å². The number of anilines is 2. The lowest BCUT2D eigenvalue weighted by molar-refractivity contribution is -0.152. The van der Waals surface area contributed by atoms with E-state index in [2.05, 4.69) is 55.1 Å². The standard InChI is InChI=1S/C34H40N4O5/c1-20(2)26-16-24(22-11-9-13-25(15-22)42-8)17-27(21(3)4)30(26)36-33(41)38(19-29(39)43-34(5,6)7)28-18-23-12-10-14-35-31(23)37-32(28)40/h9-18,20-21H,19H2,1-8H3,(H,36,41)(H,35,37,40). The molecular formula is C34H40N4O5. The van der Waals surface area contributed by atoms with E-state index >= 15 is 0 Å². The number of pyridine rings is 2. The summed E-state index contributed by atoms with van der Waals surface area (Å²) in [6.45, 7) is 13.0. The number of ether oxygens (including phenoxy) is 2. The number of urea groups is 1. The summed E-state index contributed by atoms with van der Waals surface area (Å²) in [6, 6.07) is 16.4. The van der Waals surface area contributed by atoms with Crippen LogP contribution in [0.15, 0.2) is 65.6 Å². The van der Waals surface area contributed by atoms with Gasteiger partial charge in [-0.3, -0.25) is 14.5 Å². The highest BCUT2D eigenvalue weighted by Crippen LogP contribution is 2.38. The van der Waals surface area contributed by atoms with Crippen molar-refractivity contribution in [2.24, 2.45) is 0 Å². The normalized spacial score (nSPS) is 11.6. The van der Waals surface area contributed by atoms with Crippen LogP contribution in [0.4, 0.5) is 16.2 Å². The van der Waals surface area contributed by atoms with Gasteiger partial charge in [-0.05, 0) is 97.3 Å². The van der Waals surface area contributed by atoms with Gasteiger partial charge >= 0.3 is 12.0 Å². The van der Waals surface area contributed by atoms with Gasteiger partial charge in [-0.2, -0.15) is 0 Å². The Balaban J connectivity index is 1.82. The largest absolute Gasteiger partial charge is 0.497 e. The molecule has 0 fully saturated rings. The third-order valence-electron chi connectivity index (χ3n) is 6.92. The number of nitrogens with one attached hydrogen (secondary N) is 2. The van der Waals surface area contributed by atoms with Crippen LogP contribution in [-0.4, -0.2) is 41.2 Å². The van der Waals surface area contributed by atoms with Crippen molar-refractivity contribution in [1.82, 2.24) is 9.97 Å². The minimum absolute atomic E-state index is 0.00838. The van der Waals surface area contributed by atoms with Crippen molar-refractivity contribution in [2.45, 2.75) is 65.9 Å². The summed E-state index contributed by atoms with van der Waals surface area (Å²) in [5.74, 6) is 0.205. The molecule has 0 spiro atoms. The maximum atomic E-state index is 14.1. The summed E-state index contributed by atoms with van der Waals surface area (Å²) >= 11 is 0. The minimum atomic E-state index is -0.773. The second-order valence-corrected chi connectivity index (χ2v) is 12.1. The monoisotopic (exact) mass is 584 g/mol. The minimum Gasteiger partial charge on any atom is -0.497 e. The maximum Gasteiger partial charge on any atom is 0.327 e. The number of nitrogens with zero attached hydrogens (tertiary/aromatic N) is 2. The van der Waals surface area contributed by atoms with Crippen LogP contribution >= 0.6 is 0 Å². The van der Waals surface area contributed by atoms with E-state index < -0.39 is 29.7 Å². The van der Waals surface area contributed by atoms with Gasteiger partial charge in [-0.1, -0.05) is 39.8 Å². The second-order valence-electron chi connectivity index (χ2n) is 12.1. The number of H-pyrrole nitrogens is 1. The molecule has 2 N–H and O–H groups in total. The number of amides is 2. The van der Waals surface area contributed by atoms with Crippen LogP contribution < -0.4 is 20.5 Å². The first kappa shape index (κ1) is 31.3. The number of benzene rings is 2. The molecular weight excluding hydrogens is 544 g/mol. The highest BCUT2D eigenvalue weighted by atomic mass is 16.6. The van der Waals surface area contributed by atoms with Crippen molar-refractivity contribution < 1.29 is 19.1 Å². The van der Waals surface area contributed by atoms with Crippen LogP contribution in [0.25, 0.3) is 22.2 Å². The number of carbonyl (C=O) groups is 2. The van der Waals surface area contributed by atoms with Crippen molar-refractivity contribution in [3.05, 3.63) is 82.3 Å². The molecule has 4 aromatic rings. The van der Waals surface area contributed by atoms with E-state index in [4.69, 9.17) is 9.47 Å². The predicted molar refractivity (Wildman–Crippen MR) is 171 cm³/mol. The third-order valence-corrected chi connectivity index (χ3v) is 6.92. The van der Waals surface area contributed by atoms with Crippen molar-refractivity contribution in [3.8, 4) is 16.9 Å². The molecule has 2 heterocycles. The number of fused-ring (bicyclic) bond motifs is 1.